The molecule has 1 heterocycles. The summed E-state index contributed by atoms with van der Waals surface area (Å²) in [5.74, 6) is -0.184. The lowest BCUT2D eigenvalue weighted by Crippen LogP contribution is -2.35. The van der Waals surface area contributed by atoms with E-state index in [1.807, 2.05) is 12.1 Å². The maximum absolute atomic E-state index is 11.8. The van der Waals surface area contributed by atoms with Gasteiger partial charge in [-0.15, -0.1) is 0 Å². The van der Waals surface area contributed by atoms with E-state index in [2.05, 4.69) is 5.32 Å². The van der Waals surface area contributed by atoms with Crippen LogP contribution in [0.1, 0.15) is 25.7 Å². The first-order chi connectivity index (χ1) is 9.20. The van der Waals surface area contributed by atoms with Gasteiger partial charge in [0.2, 0.25) is 11.8 Å². The number of nitrogens with one attached hydrogen (secondary N) is 1. The fourth-order valence-corrected chi connectivity index (χ4v) is 2.08. The summed E-state index contributed by atoms with van der Waals surface area (Å²) >= 11 is 0. The quantitative estimate of drug-likeness (QED) is 0.900. The van der Waals surface area contributed by atoms with E-state index in [4.69, 9.17) is 5.26 Å². The normalized spacial score (nSPS) is 14.9. The van der Waals surface area contributed by atoms with Crippen molar-refractivity contribution in [2.75, 3.05) is 16.8 Å². The Labute approximate surface area is 111 Å². The standard InChI is InChI=1S/C14H15N3O2/c15-9-8-13(18)16-11-4-6-12(7-5-11)17-10-2-1-3-14(17)19/h4-7H,1-3,8,10H2,(H,16,18). The summed E-state index contributed by atoms with van der Waals surface area (Å²) in [5, 5.41) is 11.0. The Morgan fingerprint density at radius 1 is 1.32 bits per heavy atom. The van der Waals surface area contributed by atoms with Crippen molar-refractivity contribution in [2.24, 2.45) is 0 Å². The Kier molecular flexibility index (Phi) is 4.14. The van der Waals surface area contributed by atoms with Gasteiger partial charge in [0, 0.05) is 24.3 Å². The highest BCUT2D eigenvalue weighted by molar-refractivity contribution is 5.95. The van der Waals surface area contributed by atoms with E-state index < -0.39 is 0 Å². The summed E-state index contributed by atoms with van der Waals surface area (Å²) in [4.78, 5) is 24.8. The second-order valence-electron chi connectivity index (χ2n) is 4.43. The summed E-state index contributed by atoms with van der Waals surface area (Å²) in [5.41, 5.74) is 1.48. The molecular formula is C14H15N3O2. The van der Waals surface area contributed by atoms with Gasteiger partial charge in [-0.25, -0.2) is 0 Å². The zero-order chi connectivity index (χ0) is 13.7. The van der Waals surface area contributed by atoms with Crippen LogP contribution in [-0.4, -0.2) is 18.4 Å². The van der Waals surface area contributed by atoms with E-state index >= 15 is 0 Å². The molecule has 1 saturated heterocycles. The zero-order valence-corrected chi connectivity index (χ0v) is 10.6. The highest BCUT2D eigenvalue weighted by Crippen LogP contribution is 2.22. The number of rotatable bonds is 3. The Hall–Kier alpha value is -2.35. The molecule has 19 heavy (non-hydrogen) atoms. The average Bonchev–Trinajstić information content (AvgIpc) is 2.41. The van der Waals surface area contributed by atoms with Gasteiger partial charge in [-0.1, -0.05) is 0 Å². The largest absolute Gasteiger partial charge is 0.325 e. The van der Waals surface area contributed by atoms with Crippen LogP contribution in [0.15, 0.2) is 24.3 Å². The predicted molar refractivity (Wildman–Crippen MR) is 71.5 cm³/mol. The lowest BCUT2D eigenvalue weighted by Gasteiger charge is -2.26. The molecule has 1 aromatic carbocycles. The molecule has 1 aromatic rings. The summed E-state index contributed by atoms with van der Waals surface area (Å²) in [6.07, 6.45) is 2.41. The fraction of sp³-hybridized carbons (Fsp3) is 0.357. The first-order valence-electron chi connectivity index (χ1n) is 6.28. The second-order valence-corrected chi connectivity index (χ2v) is 4.43. The number of piperidine rings is 1. The van der Waals surface area contributed by atoms with Crippen LogP contribution in [0.4, 0.5) is 11.4 Å². The smallest absolute Gasteiger partial charge is 0.238 e. The number of carbonyl (C=O) groups excluding carboxylic acids is 2. The average molecular weight is 257 g/mol. The molecule has 0 aliphatic carbocycles. The summed E-state index contributed by atoms with van der Waals surface area (Å²) < 4.78 is 0. The van der Waals surface area contributed by atoms with Crippen LogP contribution in [0.25, 0.3) is 0 Å². The van der Waals surface area contributed by atoms with Gasteiger partial charge in [0.05, 0.1) is 6.07 Å². The molecule has 0 atom stereocenters. The van der Waals surface area contributed by atoms with Gasteiger partial charge >= 0.3 is 0 Å². The van der Waals surface area contributed by atoms with E-state index in [0.29, 0.717) is 12.1 Å². The van der Waals surface area contributed by atoms with E-state index in [1.165, 1.54) is 0 Å². The fourth-order valence-electron chi connectivity index (χ4n) is 2.08. The highest BCUT2D eigenvalue weighted by Gasteiger charge is 2.19. The Bertz CT molecular complexity index is 516. The number of anilines is 2. The molecule has 1 aliphatic heterocycles. The molecule has 2 rings (SSSR count). The number of hydrogen-bond donors (Lipinski definition) is 1. The van der Waals surface area contributed by atoms with Crippen molar-refractivity contribution in [3.05, 3.63) is 24.3 Å². The number of hydrogen-bond acceptors (Lipinski definition) is 3. The van der Waals surface area contributed by atoms with Crippen LogP contribution in [0.5, 0.6) is 0 Å². The van der Waals surface area contributed by atoms with Crippen LogP contribution in [-0.2, 0) is 9.59 Å². The lowest BCUT2D eigenvalue weighted by atomic mass is 10.1. The molecule has 1 N–H and O–H groups in total. The van der Waals surface area contributed by atoms with E-state index in [-0.39, 0.29) is 18.2 Å². The van der Waals surface area contributed by atoms with Crippen molar-refractivity contribution in [2.45, 2.75) is 25.7 Å². The van der Waals surface area contributed by atoms with Gasteiger partial charge in [-0.3, -0.25) is 9.59 Å². The third-order valence-corrected chi connectivity index (χ3v) is 3.03. The summed E-state index contributed by atoms with van der Waals surface area (Å²) in [6.45, 7) is 0.749. The summed E-state index contributed by atoms with van der Waals surface area (Å²) in [7, 11) is 0. The summed E-state index contributed by atoms with van der Waals surface area (Å²) in [6, 6.07) is 8.90. The van der Waals surface area contributed by atoms with Crippen molar-refractivity contribution in [3.8, 4) is 6.07 Å². The maximum Gasteiger partial charge on any atom is 0.238 e. The van der Waals surface area contributed by atoms with E-state index in [9.17, 15) is 9.59 Å². The van der Waals surface area contributed by atoms with E-state index in [1.54, 1.807) is 23.1 Å². The molecule has 0 unspecified atom stereocenters. The first kappa shape index (κ1) is 13.1. The highest BCUT2D eigenvalue weighted by atomic mass is 16.2. The molecule has 5 heteroatoms. The molecule has 0 aromatic heterocycles. The topological polar surface area (TPSA) is 73.2 Å². The van der Waals surface area contributed by atoms with Crippen LogP contribution < -0.4 is 10.2 Å². The van der Waals surface area contributed by atoms with Gasteiger partial charge < -0.3 is 10.2 Å². The lowest BCUT2D eigenvalue weighted by molar-refractivity contribution is -0.119. The SMILES string of the molecule is N#CCC(=O)Nc1ccc(N2CCCCC2=O)cc1. The zero-order valence-electron chi connectivity index (χ0n) is 10.6. The van der Waals surface area contributed by atoms with Gasteiger partial charge in [-0.05, 0) is 37.1 Å². The predicted octanol–water partition coefficient (Wildman–Crippen LogP) is 2.06. The van der Waals surface area contributed by atoms with Gasteiger partial charge in [0.15, 0.2) is 0 Å². The van der Waals surface area contributed by atoms with Gasteiger partial charge in [0.1, 0.15) is 6.42 Å². The molecule has 2 amide bonds. The minimum absolute atomic E-state index is 0.146. The first-order valence-corrected chi connectivity index (χ1v) is 6.28. The van der Waals surface area contributed by atoms with Crippen LogP contribution >= 0.6 is 0 Å². The van der Waals surface area contributed by atoms with Gasteiger partial charge in [-0.2, -0.15) is 5.26 Å². The Morgan fingerprint density at radius 2 is 2.05 bits per heavy atom. The maximum atomic E-state index is 11.8. The van der Waals surface area contributed by atoms with Crippen molar-refractivity contribution < 1.29 is 9.59 Å². The Balaban J connectivity index is 2.04. The van der Waals surface area contributed by atoms with Crippen molar-refractivity contribution in [1.82, 2.24) is 0 Å². The molecule has 5 nitrogen and oxygen atoms in total. The van der Waals surface area contributed by atoms with Crippen LogP contribution in [0.2, 0.25) is 0 Å². The Morgan fingerprint density at radius 3 is 2.68 bits per heavy atom. The molecular weight excluding hydrogens is 242 g/mol. The van der Waals surface area contributed by atoms with Crippen LogP contribution in [0, 0.1) is 11.3 Å². The van der Waals surface area contributed by atoms with E-state index in [0.717, 1.165) is 25.1 Å². The van der Waals surface area contributed by atoms with Crippen molar-refractivity contribution in [1.29, 1.82) is 5.26 Å². The number of benzene rings is 1. The molecule has 98 valence electrons. The number of nitriles is 1. The molecule has 0 radical (unpaired) electrons. The third kappa shape index (κ3) is 3.32. The molecule has 0 bridgehead atoms. The molecule has 1 aliphatic rings. The number of nitrogens with zero attached hydrogens (tertiary/aromatic N) is 2. The minimum atomic E-state index is -0.329. The second kappa shape index (κ2) is 6.01. The molecule has 1 fully saturated rings. The third-order valence-electron chi connectivity index (χ3n) is 3.03. The number of amides is 2. The monoisotopic (exact) mass is 257 g/mol. The van der Waals surface area contributed by atoms with Crippen molar-refractivity contribution >= 4 is 23.2 Å². The van der Waals surface area contributed by atoms with Gasteiger partial charge in [0.25, 0.3) is 0 Å². The van der Waals surface area contributed by atoms with Crippen LogP contribution in [0.3, 0.4) is 0 Å². The molecule has 0 saturated carbocycles. The molecule has 0 spiro atoms. The minimum Gasteiger partial charge on any atom is -0.325 e. The number of carbonyl (C=O) groups is 2. The van der Waals surface area contributed by atoms with Crippen molar-refractivity contribution in [3.63, 3.8) is 0 Å².